The molecule has 1 saturated carbocycles. The van der Waals surface area contributed by atoms with Crippen molar-refractivity contribution in [3.63, 3.8) is 0 Å². The summed E-state index contributed by atoms with van der Waals surface area (Å²) in [6.07, 6.45) is 8.10. The van der Waals surface area contributed by atoms with Gasteiger partial charge in [-0.3, -0.25) is 4.79 Å². The first kappa shape index (κ1) is 25.6. The van der Waals surface area contributed by atoms with E-state index >= 15 is 0 Å². The number of hydrogen-bond donors (Lipinski definition) is 1. The standard InChI is InChI=1S/C28H38O4S/c1-4-5-6-10-24(29)20-11-13-22(14-12-20)27-21(15-17-25(27)30)8-7-9-23-16-18-26(33-23)28(31)32-19(2)3/h11-14,16,18-19,21,24,27,29H,4-10,15,17H2,1-3H3/t21?,24-,27-/m0/s1. The predicted octanol–water partition coefficient (Wildman–Crippen LogP) is 7.01. The van der Waals surface area contributed by atoms with E-state index in [2.05, 4.69) is 6.92 Å². The summed E-state index contributed by atoms with van der Waals surface area (Å²) in [6.45, 7) is 5.88. The third-order valence-corrected chi connectivity index (χ3v) is 7.67. The van der Waals surface area contributed by atoms with E-state index in [-0.39, 0.29) is 18.0 Å². The Kier molecular flexibility index (Phi) is 9.69. The zero-order valence-electron chi connectivity index (χ0n) is 20.2. The summed E-state index contributed by atoms with van der Waals surface area (Å²) >= 11 is 1.51. The SMILES string of the molecule is CCCCC[C@H](O)c1ccc([C@H]2C(=O)CCC2CCCc2ccc(C(=O)OC(C)C)s2)cc1. The van der Waals surface area contributed by atoms with Crippen LogP contribution in [0.3, 0.4) is 0 Å². The van der Waals surface area contributed by atoms with Crippen LogP contribution in [-0.2, 0) is 16.0 Å². The molecule has 1 N–H and O–H groups in total. The molecule has 0 radical (unpaired) electrons. The monoisotopic (exact) mass is 470 g/mol. The summed E-state index contributed by atoms with van der Waals surface area (Å²) in [5.74, 6) is 0.423. The van der Waals surface area contributed by atoms with Gasteiger partial charge in [0.2, 0.25) is 0 Å². The number of esters is 1. The van der Waals surface area contributed by atoms with E-state index in [0.29, 0.717) is 23.0 Å². The summed E-state index contributed by atoms with van der Waals surface area (Å²) in [7, 11) is 0. The number of aryl methyl sites for hydroxylation is 1. The molecule has 5 heteroatoms. The summed E-state index contributed by atoms with van der Waals surface area (Å²) in [6, 6.07) is 12.0. The number of ether oxygens (including phenoxy) is 1. The van der Waals surface area contributed by atoms with Gasteiger partial charge in [0.05, 0.1) is 12.2 Å². The van der Waals surface area contributed by atoms with Crippen LogP contribution < -0.4 is 0 Å². The van der Waals surface area contributed by atoms with Crippen molar-refractivity contribution in [2.24, 2.45) is 5.92 Å². The van der Waals surface area contributed by atoms with E-state index in [1.807, 2.05) is 50.2 Å². The fraction of sp³-hybridized carbons (Fsp3) is 0.571. The lowest BCUT2D eigenvalue weighted by atomic mass is 9.84. The van der Waals surface area contributed by atoms with Crippen molar-refractivity contribution in [2.45, 2.75) is 96.7 Å². The zero-order chi connectivity index (χ0) is 23.8. The van der Waals surface area contributed by atoms with Crippen LogP contribution in [0.2, 0.25) is 0 Å². The maximum absolute atomic E-state index is 12.7. The number of rotatable bonds is 12. The van der Waals surface area contributed by atoms with E-state index in [1.165, 1.54) is 16.2 Å². The molecule has 33 heavy (non-hydrogen) atoms. The van der Waals surface area contributed by atoms with Crippen LogP contribution in [0, 0.1) is 5.92 Å². The second-order valence-electron chi connectivity index (χ2n) is 9.53. The van der Waals surface area contributed by atoms with Gasteiger partial charge in [-0.2, -0.15) is 0 Å². The van der Waals surface area contributed by atoms with E-state index in [1.54, 1.807) is 0 Å². The summed E-state index contributed by atoms with van der Waals surface area (Å²) in [4.78, 5) is 26.6. The molecule has 0 aliphatic heterocycles. The van der Waals surface area contributed by atoms with Gasteiger partial charge in [0, 0.05) is 17.2 Å². The summed E-state index contributed by atoms with van der Waals surface area (Å²) in [5, 5.41) is 10.4. The van der Waals surface area contributed by atoms with Gasteiger partial charge in [0.1, 0.15) is 10.7 Å². The van der Waals surface area contributed by atoms with Crippen LogP contribution in [0.1, 0.15) is 110 Å². The molecule has 4 nitrogen and oxygen atoms in total. The molecule has 1 fully saturated rings. The van der Waals surface area contributed by atoms with E-state index in [4.69, 9.17) is 4.74 Å². The number of carbonyl (C=O) groups excluding carboxylic acids is 2. The Bertz CT molecular complexity index is 899. The number of Topliss-reactive ketones (excluding diaryl/α,β-unsaturated/α-hetero) is 1. The normalized spacial score (nSPS) is 19.2. The molecule has 0 saturated heterocycles. The fourth-order valence-corrected chi connectivity index (χ4v) is 5.73. The van der Waals surface area contributed by atoms with E-state index in [0.717, 1.165) is 62.5 Å². The summed E-state index contributed by atoms with van der Waals surface area (Å²) < 4.78 is 5.28. The minimum absolute atomic E-state index is 0.0313. The molecule has 0 amide bonds. The molecule has 3 rings (SSSR count). The highest BCUT2D eigenvalue weighted by Gasteiger charge is 2.35. The molecular formula is C28H38O4S. The molecule has 1 unspecified atom stereocenters. The number of aliphatic hydroxyl groups is 1. The van der Waals surface area contributed by atoms with Gasteiger partial charge >= 0.3 is 5.97 Å². The van der Waals surface area contributed by atoms with Crippen molar-refractivity contribution in [3.8, 4) is 0 Å². The molecule has 1 aromatic carbocycles. The minimum Gasteiger partial charge on any atom is -0.459 e. The number of unbranched alkanes of at least 4 members (excludes halogenated alkanes) is 2. The van der Waals surface area contributed by atoms with Crippen molar-refractivity contribution in [3.05, 3.63) is 57.3 Å². The van der Waals surface area contributed by atoms with Crippen LogP contribution in [0.15, 0.2) is 36.4 Å². The first-order chi connectivity index (χ1) is 15.9. The van der Waals surface area contributed by atoms with Crippen molar-refractivity contribution < 1.29 is 19.4 Å². The van der Waals surface area contributed by atoms with Gasteiger partial charge in [-0.05, 0) is 75.1 Å². The lowest BCUT2D eigenvalue weighted by molar-refractivity contribution is -0.119. The van der Waals surface area contributed by atoms with Gasteiger partial charge in [-0.1, -0.05) is 50.5 Å². The Morgan fingerprint density at radius 1 is 1.12 bits per heavy atom. The van der Waals surface area contributed by atoms with Crippen LogP contribution in [0.25, 0.3) is 0 Å². The second-order valence-corrected chi connectivity index (χ2v) is 10.7. The van der Waals surface area contributed by atoms with Gasteiger partial charge in [0.25, 0.3) is 0 Å². The van der Waals surface area contributed by atoms with Crippen molar-refractivity contribution >= 4 is 23.1 Å². The zero-order valence-corrected chi connectivity index (χ0v) is 21.0. The minimum atomic E-state index is -0.422. The Labute approximate surface area is 202 Å². The van der Waals surface area contributed by atoms with Crippen LogP contribution in [0.4, 0.5) is 0 Å². The van der Waals surface area contributed by atoms with Gasteiger partial charge < -0.3 is 9.84 Å². The number of ketones is 1. The number of benzene rings is 1. The van der Waals surface area contributed by atoms with Gasteiger partial charge in [0.15, 0.2) is 0 Å². The molecule has 1 aromatic heterocycles. The molecule has 0 spiro atoms. The smallest absolute Gasteiger partial charge is 0.348 e. The van der Waals surface area contributed by atoms with Crippen molar-refractivity contribution in [1.82, 2.24) is 0 Å². The van der Waals surface area contributed by atoms with Gasteiger partial charge in [-0.25, -0.2) is 4.79 Å². The van der Waals surface area contributed by atoms with Gasteiger partial charge in [-0.15, -0.1) is 11.3 Å². The number of carbonyl (C=O) groups is 2. The molecule has 2 aromatic rings. The van der Waals surface area contributed by atoms with Crippen LogP contribution >= 0.6 is 11.3 Å². The van der Waals surface area contributed by atoms with Crippen LogP contribution in [-0.4, -0.2) is 23.0 Å². The lowest BCUT2D eigenvalue weighted by Crippen LogP contribution is -2.13. The third-order valence-electron chi connectivity index (χ3n) is 6.54. The quantitative estimate of drug-likeness (QED) is 0.268. The Morgan fingerprint density at radius 3 is 2.58 bits per heavy atom. The highest BCUT2D eigenvalue weighted by Crippen LogP contribution is 2.40. The van der Waals surface area contributed by atoms with Crippen LogP contribution in [0.5, 0.6) is 0 Å². The molecule has 1 aliphatic carbocycles. The Balaban J connectivity index is 1.54. The molecule has 180 valence electrons. The second kappa shape index (κ2) is 12.5. The first-order valence-electron chi connectivity index (χ1n) is 12.5. The lowest BCUT2D eigenvalue weighted by Gasteiger charge is -2.20. The molecule has 3 atom stereocenters. The molecule has 1 heterocycles. The predicted molar refractivity (Wildman–Crippen MR) is 134 cm³/mol. The number of aliphatic hydroxyl groups excluding tert-OH is 1. The third kappa shape index (κ3) is 7.25. The highest BCUT2D eigenvalue weighted by molar-refractivity contribution is 7.13. The van der Waals surface area contributed by atoms with E-state index in [9.17, 15) is 14.7 Å². The number of hydrogen-bond acceptors (Lipinski definition) is 5. The largest absolute Gasteiger partial charge is 0.459 e. The molecule has 1 aliphatic rings. The summed E-state index contributed by atoms with van der Waals surface area (Å²) in [5.41, 5.74) is 2.03. The average Bonchev–Trinajstić information content (AvgIpc) is 3.40. The topological polar surface area (TPSA) is 63.6 Å². The fourth-order valence-electron chi connectivity index (χ4n) is 4.79. The Hall–Kier alpha value is -1.98. The molecular weight excluding hydrogens is 432 g/mol. The van der Waals surface area contributed by atoms with Crippen molar-refractivity contribution in [1.29, 1.82) is 0 Å². The average molecular weight is 471 g/mol. The van der Waals surface area contributed by atoms with E-state index < -0.39 is 6.10 Å². The molecule has 0 bridgehead atoms. The first-order valence-corrected chi connectivity index (χ1v) is 13.3. The van der Waals surface area contributed by atoms with Crippen molar-refractivity contribution in [2.75, 3.05) is 0 Å². The number of thiophene rings is 1. The Morgan fingerprint density at radius 2 is 1.88 bits per heavy atom. The highest BCUT2D eigenvalue weighted by atomic mass is 32.1. The maximum atomic E-state index is 12.7. The maximum Gasteiger partial charge on any atom is 0.348 e.